The van der Waals surface area contributed by atoms with Gasteiger partial charge in [0.1, 0.15) is 24.0 Å². The van der Waals surface area contributed by atoms with Gasteiger partial charge in [0.05, 0.1) is 15.8 Å². The van der Waals surface area contributed by atoms with E-state index in [1.54, 1.807) is 6.08 Å². The molecule has 0 radical (unpaired) electrons. The van der Waals surface area contributed by atoms with E-state index in [0.29, 0.717) is 46.2 Å². The second-order valence-electron chi connectivity index (χ2n) is 8.59. The fourth-order valence-electron chi connectivity index (χ4n) is 3.91. The van der Waals surface area contributed by atoms with Crippen LogP contribution < -0.4 is 14.2 Å². The number of amidine groups is 2. The SMILES string of the molecule is CCOc1cc(/C=C2/C(=N)N3N=C(COc4ccccc4)SC3=NC2=O)cc(I)c1OCc1ccccc1C. The van der Waals surface area contributed by atoms with Gasteiger partial charge in [0.2, 0.25) is 5.17 Å². The van der Waals surface area contributed by atoms with E-state index in [1.165, 1.54) is 16.8 Å². The summed E-state index contributed by atoms with van der Waals surface area (Å²) in [6.45, 7) is 5.03. The molecular formula is C29H25IN4O4S. The molecule has 39 heavy (non-hydrogen) atoms. The first kappa shape index (κ1) is 26.9. The Kier molecular flexibility index (Phi) is 8.32. The summed E-state index contributed by atoms with van der Waals surface area (Å²) in [6, 6.07) is 21.2. The van der Waals surface area contributed by atoms with Crippen molar-refractivity contribution in [2.45, 2.75) is 20.5 Å². The van der Waals surface area contributed by atoms with Gasteiger partial charge in [-0.3, -0.25) is 10.2 Å². The Morgan fingerprint density at radius 1 is 1.03 bits per heavy atom. The molecule has 0 aliphatic carbocycles. The van der Waals surface area contributed by atoms with E-state index < -0.39 is 5.91 Å². The minimum atomic E-state index is -0.493. The van der Waals surface area contributed by atoms with Crippen molar-refractivity contribution >= 4 is 62.4 Å². The number of amides is 1. The summed E-state index contributed by atoms with van der Waals surface area (Å²) in [6.07, 6.45) is 1.64. The third-order valence-corrected chi connectivity index (χ3v) is 7.56. The normalized spacial score (nSPS) is 15.7. The Labute approximate surface area is 244 Å². The molecule has 0 spiro atoms. The highest BCUT2D eigenvalue weighted by Crippen LogP contribution is 2.36. The number of carbonyl (C=O) groups is 1. The number of nitrogens with one attached hydrogen (secondary N) is 1. The maximum atomic E-state index is 12.9. The predicted molar refractivity (Wildman–Crippen MR) is 163 cm³/mol. The van der Waals surface area contributed by atoms with Crippen LogP contribution in [0.4, 0.5) is 0 Å². The van der Waals surface area contributed by atoms with Crippen LogP contribution in [-0.2, 0) is 11.4 Å². The third kappa shape index (κ3) is 6.17. The number of rotatable bonds is 9. The van der Waals surface area contributed by atoms with Gasteiger partial charge in [-0.1, -0.05) is 42.5 Å². The van der Waals surface area contributed by atoms with Gasteiger partial charge in [-0.2, -0.15) is 15.1 Å². The molecule has 2 aliphatic rings. The zero-order chi connectivity index (χ0) is 27.4. The van der Waals surface area contributed by atoms with Crippen LogP contribution in [0.3, 0.4) is 0 Å². The molecular weight excluding hydrogens is 627 g/mol. The number of fused-ring (bicyclic) bond motifs is 1. The molecule has 3 aromatic carbocycles. The highest BCUT2D eigenvalue weighted by molar-refractivity contribution is 14.1. The molecule has 198 valence electrons. The van der Waals surface area contributed by atoms with Gasteiger partial charge in [-0.05, 0) is 95.2 Å². The number of ether oxygens (including phenoxy) is 3. The summed E-state index contributed by atoms with van der Waals surface area (Å²) in [5.41, 5.74) is 3.08. The molecule has 0 aromatic heterocycles. The van der Waals surface area contributed by atoms with Crippen LogP contribution in [0.1, 0.15) is 23.6 Å². The number of carbonyl (C=O) groups excluding carboxylic acids is 1. The first-order valence-corrected chi connectivity index (χ1v) is 14.1. The lowest BCUT2D eigenvalue weighted by atomic mass is 10.1. The van der Waals surface area contributed by atoms with Crippen molar-refractivity contribution < 1.29 is 19.0 Å². The smallest absolute Gasteiger partial charge is 0.283 e. The molecule has 0 saturated heterocycles. The van der Waals surface area contributed by atoms with Crippen molar-refractivity contribution in [2.75, 3.05) is 13.2 Å². The van der Waals surface area contributed by atoms with Gasteiger partial charge in [0.25, 0.3) is 5.91 Å². The number of halogens is 1. The van der Waals surface area contributed by atoms with Crippen LogP contribution in [0.5, 0.6) is 17.2 Å². The fraction of sp³-hybridized carbons (Fsp3) is 0.172. The van der Waals surface area contributed by atoms with Crippen LogP contribution >= 0.6 is 34.4 Å². The number of para-hydroxylation sites is 1. The molecule has 0 fully saturated rings. The molecule has 0 saturated carbocycles. The van der Waals surface area contributed by atoms with Crippen molar-refractivity contribution in [1.29, 1.82) is 5.41 Å². The number of hydrogen-bond acceptors (Lipinski definition) is 7. The summed E-state index contributed by atoms with van der Waals surface area (Å²) >= 11 is 3.42. The Hall–Kier alpha value is -3.64. The maximum Gasteiger partial charge on any atom is 0.283 e. The zero-order valence-electron chi connectivity index (χ0n) is 21.3. The number of hydrogen-bond donors (Lipinski definition) is 1. The maximum absolute atomic E-state index is 12.9. The molecule has 5 rings (SSSR count). The lowest BCUT2D eigenvalue weighted by Gasteiger charge is -2.20. The van der Waals surface area contributed by atoms with Gasteiger partial charge in [0, 0.05) is 0 Å². The average Bonchev–Trinajstić information content (AvgIpc) is 3.34. The van der Waals surface area contributed by atoms with Crippen molar-refractivity contribution in [2.24, 2.45) is 10.1 Å². The van der Waals surface area contributed by atoms with Gasteiger partial charge in [-0.15, -0.1) is 0 Å². The van der Waals surface area contributed by atoms with Crippen LogP contribution in [0.15, 0.2) is 82.4 Å². The monoisotopic (exact) mass is 652 g/mol. The zero-order valence-corrected chi connectivity index (χ0v) is 24.3. The molecule has 0 bridgehead atoms. The quantitative estimate of drug-likeness (QED) is 0.216. The van der Waals surface area contributed by atoms with Crippen LogP contribution in [0.25, 0.3) is 6.08 Å². The first-order chi connectivity index (χ1) is 18.9. The van der Waals surface area contributed by atoms with Gasteiger partial charge in [0.15, 0.2) is 17.3 Å². The van der Waals surface area contributed by atoms with Crippen LogP contribution in [0, 0.1) is 15.9 Å². The van der Waals surface area contributed by atoms with Crippen molar-refractivity contribution in [1.82, 2.24) is 5.01 Å². The van der Waals surface area contributed by atoms with Crippen molar-refractivity contribution in [3.63, 3.8) is 0 Å². The number of benzene rings is 3. The molecule has 8 nitrogen and oxygen atoms in total. The van der Waals surface area contributed by atoms with E-state index >= 15 is 0 Å². The van der Waals surface area contributed by atoms with Gasteiger partial charge in [-0.25, -0.2) is 0 Å². The van der Waals surface area contributed by atoms with E-state index in [4.69, 9.17) is 19.6 Å². The number of thioether (sulfide) groups is 1. The third-order valence-electron chi connectivity index (χ3n) is 5.88. The van der Waals surface area contributed by atoms with E-state index in [-0.39, 0.29) is 18.0 Å². The number of aliphatic imine (C=N–C) groups is 1. The van der Waals surface area contributed by atoms with Crippen LogP contribution in [-0.4, -0.2) is 40.2 Å². The Morgan fingerprint density at radius 3 is 2.56 bits per heavy atom. The molecule has 3 aromatic rings. The molecule has 0 atom stereocenters. The van der Waals surface area contributed by atoms with Crippen LogP contribution in [0.2, 0.25) is 0 Å². The lowest BCUT2D eigenvalue weighted by Crippen LogP contribution is -2.35. The molecule has 1 N–H and O–H groups in total. The van der Waals surface area contributed by atoms with E-state index in [2.05, 4.69) is 45.7 Å². The standard InChI is InChI=1S/C29H25IN4O4S/c1-3-36-24-15-19(14-23(30)26(24)38-16-20-10-8-7-9-18(20)2)13-22-27(31)34-29(32-28(22)35)39-25(33-34)17-37-21-11-5-4-6-12-21/h4-15,31H,3,16-17H2,1-2H3/b22-13-,31-27?. The van der Waals surface area contributed by atoms with Gasteiger partial charge < -0.3 is 14.2 Å². The molecule has 10 heteroatoms. The Bertz CT molecular complexity index is 1520. The van der Waals surface area contributed by atoms with Crippen molar-refractivity contribution in [3.05, 3.63) is 92.6 Å². The number of nitrogens with zero attached hydrogens (tertiary/aromatic N) is 3. The van der Waals surface area contributed by atoms with E-state index in [0.717, 1.165) is 14.7 Å². The molecule has 0 unspecified atom stereocenters. The molecule has 1 amide bonds. The second kappa shape index (κ2) is 12.0. The van der Waals surface area contributed by atoms with Crippen molar-refractivity contribution in [3.8, 4) is 17.2 Å². The topological polar surface area (TPSA) is 96.6 Å². The first-order valence-electron chi connectivity index (χ1n) is 12.2. The second-order valence-corrected chi connectivity index (χ2v) is 10.8. The lowest BCUT2D eigenvalue weighted by molar-refractivity contribution is -0.114. The average molecular weight is 653 g/mol. The largest absolute Gasteiger partial charge is 0.490 e. The predicted octanol–water partition coefficient (Wildman–Crippen LogP) is 6.28. The summed E-state index contributed by atoms with van der Waals surface area (Å²) in [4.78, 5) is 17.1. The fourth-order valence-corrected chi connectivity index (χ4v) is 5.49. The summed E-state index contributed by atoms with van der Waals surface area (Å²) < 4.78 is 18.7. The minimum absolute atomic E-state index is 0.0416. The number of aryl methyl sites for hydroxylation is 1. The van der Waals surface area contributed by atoms with E-state index in [1.807, 2.05) is 67.6 Å². The van der Waals surface area contributed by atoms with Gasteiger partial charge >= 0.3 is 0 Å². The minimum Gasteiger partial charge on any atom is -0.490 e. The summed E-state index contributed by atoms with van der Waals surface area (Å²) in [7, 11) is 0. The summed E-state index contributed by atoms with van der Waals surface area (Å²) in [5.74, 6) is 1.38. The number of hydrazone groups is 1. The highest BCUT2D eigenvalue weighted by atomic mass is 127. The summed E-state index contributed by atoms with van der Waals surface area (Å²) in [5, 5.41) is 15.5. The Morgan fingerprint density at radius 2 is 1.79 bits per heavy atom. The highest BCUT2D eigenvalue weighted by Gasteiger charge is 2.35. The molecule has 2 heterocycles. The van der Waals surface area contributed by atoms with E-state index in [9.17, 15) is 4.79 Å². The Balaban J connectivity index is 1.36. The molecule has 2 aliphatic heterocycles.